The number of rotatable bonds is 5. The fourth-order valence-electron chi connectivity index (χ4n) is 4.15. The van der Waals surface area contributed by atoms with E-state index in [1.54, 1.807) is 11.1 Å². The van der Waals surface area contributed by atoms with Crippen molar-refractivity contribution in [2.75, 3.05) is 6.54 Å². The Bertz CT molecular complexity index is 431. The van der Waals surface area contributed by atoms with Crippen LogP contribution in [0.4, 0.5) is 0 Å². The molecule has 0 aliphatic heterocycles. The summed E-state index contributed by atoms with van der Waals surface area (Å²) in [7, 11) is 0. The lowest BCUT2D eigenvalue weighted by molar-refractivity contribution is 0.301. The summed E-state index contributed by atoms with van der Waals surface area (Å²) in [6.07, 6.45) is 12.6. The molecule has 1 saturated carbocycles. The molecule has 1 atom stereocenters. The molecule has 0 aromatic heterocycles. The summed E-state index contributed by atoms with van der Waals surface area (Å²) in [5.74, 6) is 0.945. The average molecular weight is 271 g/mol. The van der Waals surface area contributed by atoms with Gasteiger partial charge in [0, 0.05) is 6.04 Å². The van der Waals surface area contributed by atoms with E-state index in [2.05, 4.69) is 30.4 Å². The van der Waals surface area contributed by atoms with Crippen LogP contribution in [0.3, 0.4) is 0 Å². The van der Waals surface area contributed by atoms with Crippen LogP contribution in [0.1, 0.15) is 74.6 Å². The van der Waals surface area contributed by atoms with E-state index in [9.17, 15) is 0 Å². The molecule has 1 N–H and O–H groups in total. The summed E-state index contributed by atoms with van der Waals surface area (Å²) in [4.78, 5) is 0. The van der Waals surface area contributed by atoms with Crippen molar-refractivity contribution in [2.24, 2.45) is 5.92 Å². The molecule has 1 fully saturated rings. The number of aryl methyl sites for hydroxylation is 2. The van der Waals surface area contributed by atoms with Gasteiger partial charge in [0.25, 0.3) is 0 Å². The van der Waals surface area contributed by atoms with Crippen LogP contribution in [0.25, 0.3) is 0 Å². The van der Waals surface area contributed by atoms with E-state index in [0.717, 1.165) is 12.5 Å². The second-order valence-electron chi connectivity index (χ2n) is 6.73. The minimum atomic E-state index is 0.578. The maximum atomic E-state index is 3.74. The van der Waals surface area contributed by atoms with E-state index in [1.807, 2.05) is 0 Å². The molecule has 20 heavy (non-hydrogen) atoms. The van der Waals surface area contributed by atoms with E-state index in [1.165, 1.54) is 63.4 Å². The zero-order valence-electron chi connectivity index (χ0n) is 13.0. The fourth-order valence-corrected chi connectivity index (χ4v) is 4.15. The number of hydrogen-bond donors (Lipinski definition) is 1. The first-order valence-corrected chi connectivity index (χ1v) is 8.72. The zero-order chi connectivity index (χ0) is 13.8. The van der Waals surface area contributed by atoms with Gasteiger partial charge in [0.05, 0.1) is 0 Å². The fraction of sp³-hybridized carbons (Fsp3) is 0.684. The van der Waals surface area contributed by atoms with Gasteiger partial charge in [0.15, 0.2) is 0 Å². The molecule has 1 aromatic carbocycles. The van der Waals surface area contributed by atoms with Gasteiger partial charge in [-0.05, 0) is 54.8 Å². The average Bonchev–Trinajstić information content (AvgIpc) is 2.95. The normalized spacial score (nSPS) is 20.9. The third kappa shape index (κ3) is 3.25. The third-order valence-electron chi connectivity index (χ3n) is 5.27. The Morgan fingerprint density at radius 1 is 1.05 bits per heavy atom. The van der Waals surface area contributed by atoms with Crippen molar-refractivity contribution in [1.29, 1.82) is 0 Å². The lowest BCUT2D eigenvalue weighted by Gasteiger charge is -2.27. The van der Waals surface area contributed by atoms with E-state index in [-0.39, 0.29) is 0 Å². The van der Waals surface area contributed by atoms with Gasteiger partial charge in [0.2, 0.25) is 0 Å². The van der Waals surface area contributed by atoms with Crippen molar-refractivity contribution in [1.82, 2.24) is 5.32 Å². The smallest absolute Gasteiger partial charge is 0.0322 e. The molecule has 1 heteroatoms. The molecule has 0 heterocycles. The lowest BCUT2D eigenvalue weighted by Crippen LogP contribution is -2.24. The summed E-state index contributed by atoms with van der Waals surface area (Å²) in [5, 5.41) is 3.74. The van der Waals surface area contributed by atoms with Crippen LogP contribution in [0.15, 0.2) is 18.2 Å². The number of benzene rings is 1. The summed E-state index contributed by atoms with van der Waals surface area (Å²) in [6, 6.07) is 7.86. The van der Waals surface area contributed by atoms with E-state index in [4.69, 9.17) is 0 Å². The number of nitrogens with one attached hydrogen (secondary N) is 1. The first kappa shape index (κ1) is 14.1. The number of hydrogen-bond acceptors (Lipinski definition) is 1. The van der Waals surface area contributed by atoms with Crippen LogP contribution in [-0.4, -0.2) is 6.54 Å². The molecule has 1 nitrogen and oxygen atoms in total. The van der Waals surface area contributed by atoms with E-state index < -0.39 is 0 Å². The molecule has 0 saturated heterocycles. The van der Waals surface area contributed by atoms with Crippen LogP contribution < -0.4 is 5.32 Å². The first-order chi connectivity index (χ1) is 9.86. The molecule has 0 amide bonds. The Hall–Kier alpha value is -0.820. The molecular weight excluding hydrogens is 242 g/mol. The van der Waals surface area contributed by atoms with Gasteiger partial charge in [-0.3, -0.25) is 0 Å². The highest BCUT2D eigenvalue weighted by Gasteiger charge is 2.21. The van der Waals surface area contributed by atoms with Crippen molar-refractivity contribution in [3.05, 3.63) is 34.9 Å². The number of fused-ring (bicyclic) bond motifs is 1. The van der Waals surface area contributed by atoms with Crippen LogP contribution >= 0.6 is 0 Å². The van der Waals surface area contributed by atoms with Gasteiger partial charge >= 0.3 is 0 Å². The predicted octanol–water partition coefficient (Wildman–Crippen LogP) is 4.80. The summed E-state index contributed by atoms with van der Waals surface area (Å²) in [6.45, 7) is 3.32. The molecule has 3 rings (SSSR count). The zero-order valence-corrected chi connectivity index (χ0v) is 13.0. The quantitative estimate of drug-likeness (QED) is 0.811. The standard InChI is InChI=1S/C19H29N/c1-2-20-19(13-15-7-4-3-5-8-15)18-12-11-16-9-6-10-17(16)14-18/h11-12,14-15,19-20H,2-10,13H2,1H3. The Morgan fingerprint density at radius 3 is 2.65 bits per heavy atom. The Morgan fingerprint density at radius 2 is 1.85 bits per heavy atom. The van der Waals surface area contributed by atoms with Crippen LogP contribution in [0.5, 0.6) is 0 Å². The van der Waals surface area contributed by atoms with Gasteiger partial charge in [-0.2, -0.15) is 0 Å². The molecule has 2 aliphatic carbocycles. The minimum absolute atomic E-state index is 0.578. The van der Waals surface area contributed by atoms with Crippen molar-refractivity contribution in [3.63, 3.8) is 0 Å². The van der Waals surface area contributed by atoms with E-state index >= 15 is 0 Å². The second-order valence-corrected chi connectivity index (χ2v) is 6.73. The SMILES string of the molecule is CCNC(CC1CCCCC1)c1ccc2c(c1)CCC2. The molecular formula is C19H29N. The Balaban J connectivity index is 1.72. The topological polar surface area (TPSA) is 12.0 Å². The van der Waals surface area contributed by atoms with Crippen molar-refractivity contribution < 1.29 is 0 Å². The third-order valence-corrected chi connectivity index (χ3v) is 5.27. The van der Waals surface area contributed by atoms with Crippen LogP contribution in [-0.2, 0) is 12.8 Å². The maximum Gasteiger partial charge on any atom is 0.0322 e. The second kappa shape index (κ2) is 6.76. The molecule has 1 unspecified atom stereocenters. The minimum Gasteiger partial charge on any atom is -0.310 e. The molecule has 0 radical (unpaired) electrons. The largest absolute Gasteiger partial charge is 0.310 e. The highest BCUT2D eigenvalue weighted by molar-refractivity contribution is 5.36. The molecule has 2 aliphatic rings. The van der Waals surface area contributed by atoms with Crippen LogP contribution in [0.2, 0.25) is 0 Å². The Labute approximate surface area is 124 Å². The summed E-state index contributed by atoms with van der Waals surface area (Å²) < 4.78 is 0. The van der Waals surface area contributed by atoms with Crippen molar-refractivity contribution >= 4 is 0 Å². The van der Waals surface area contributed by atoms with Gasteiger partial charge in [-0.1, -0.05) is 57.2 Å². The van der Waals surface area contributed by atoms with Gasteiger partial charge < -0.3 is 5.32 Å². The highest BCUT2D eigenvalue weighted by atomic mass is 14.9. The monoisotopic (exact) mass is 271 g/mol. The van der Waals surface area contributed by atoms with Crippen LogP contribution in [0, 0.1) is 5.92 Å². The van der Waals surface area contributed by atoms with Gasteiger partial charge in [-0.15, -0.1) is 0 Å². The van der Waals surface area contributed by atoms with E-state index in [0.29, 0.717) is 6.04 Å². The van der Waals surface area contributed by atoms with Crippen molar-refractivity contribution in [2.45, 2.75) is 70.8 Å². The molecule has 0 bridgehead atoms. The summed E-state index contributed by atoms with van der Waals surface area (Å²) in [5.41, 5.74) is 4.76. The first-order valence-electron chi connectivity index (χ1n) is 8.72. The van der Waals surface area contributed by atoms with Gasteiger partial charge in [0.1, 0.15) is 0 Å². The van der Waals surface area contributed by atoms with Crippen molar-refractivity contribution in [3.8, 4) is 0 Å². The maximum absolute atomic E-state index is 3.74. The predicted molar refractivity (Wildman–Crippen MR) is 86.1 cm³/mol. The molecule has 1 aromatic rings. The Kier molecular flexibility index (Phi) is 4.77. The molecule has 110 valence electrons. The highest BCUT2D eigenvalue weighted by Crippen LogP contribution is 2.33. The van der Waals surface area contributed by atoms with Gasteiger partial charge in [-0.25, -0.2) is 0 Å². The lowest BCUT2D eigenvalue weighted by atomic mass is 9.83. The summed E-state index contributed by atoms with van der Waals surface area (Å²) >= 11 is 0. The molecule has 0 spiro atoms.